The normalized spacial score (nSPS) is 12.3. The molecule has 3 aromatic rings. The number of carbonyl (C=O) groups excluding carboxylic acids is 1. The second kappa shape index (κ2) is 7.10. The highest BCUT2D eigenvalue weighted by Crippen LogP contribution is 2.25. The lowest BCUT2D eigenvalue weighted by Gasteiger charge is -2.12. The van der Waals surface area contributed by atoms with E-state index in [1.165, 1.54) is 11.8 Å². The van der Waals surface area contributed by atoms with Gasteiger partial charge in [0, 0.05) is 10.3 Å². The van der Waals surface area contributed by atoms with Gasteiger partial charge in [0.2, 0.25) is 5.91 Å². The molecule has 1 N–H and O–H groups in total. The molecule has 0 fully saturated rings. The quantitative estimate of drug-likeness (QED) is 0.562. The van der Waals surface area contributed by atoms with Gasteiger partial charge < -0.3 is 5.32 Å². The number of thiophene rings is 1. The van der Waals surface area contributed by atoms with Crippen LogP contribution in [0.4, 0.5) is 0 Å². The summed E-state index contributed by atoms with van der Waals surface area (Å²) in [5.74, 6) is 1.07. The van der Waals surface area contributed by atoms with Crippen LogP contribution in [0.5, 0.6) is 0 Å². The molecule has 2 heterocycles. The van der Waals surface area contributed by atoms with Gasteiger partial charge >= 0.3 is 0 Å². The lowest BCUT2D eigenvalue weighted by molar-refractivity contribution is -0.119. The third-order valence-electron chi connectivity index (χ3n) is 3.37. The Morgan fingerprint density at radius 2 is 2.09 bits per heavy atom. The molecule has 2 aromatic heterocycles. The molecule has 0 saturated heterocycles. The van der Waals surface area contributed by atoms with Crippen molar-refractivity contribution in [2.24, 2.45) is 0 Å². The second-order valence-electron chi connectivity index (χ2n) is 5.19. The van der Waals surface area contributed by atoms with Gasteiger partial charge in [0.25, 0.3) is 0 Å². The lowest BCUT2D eigenvalue weighted by Crippen LogP contribution is -2.27. The zero-order valence-corrected chi connectivity index (χ0v) is 14.6. The van der Waals surface area contributed by atoms with E-state index in [1.807, 2.05) is 55.6 Å². The summed E-state index contributed by atoms with van der Waals surface area (Å²) in [6, 6.07) is 11.9. The molecule has 23 heavy (non-hydrogen) atoms. The van der Waals surface area contributed by atoms with Gasteiger partial charge in [-0.05, 0) is 31.4 Å². The molecule has 0 aliphatic rings. The highest BCUT2D eigenvalue weighted by molar-refractivity contribution is 8.00. The Kier molecular flexibility index (Phi) is 4.93. The van der Waals surface area contributed by atoms with E-state index in [0.717, 1.165) is 26.6 Å². The summed E-state index contributed by atoms with van der Waals surface area (Å²) in [6.45, 7) is 3.87. The Balaban J connectivity index is 1.67. The summed E-state index contributed by atoms with van der Waals surface area (Å²) >= 11 is 3.10. The number of nitrogens with one attached hydrogen (secondary N) is 1. The van der Waals surface area contributed by atoms with Gasteiger partial charge in [0.15, 0.2) is 0 Å². The van der Waals surface area contributed by atoms with Gasteiger partial charge in [-0.1, -0.05) is 36.0 Å². The summed E-state index contributed by atoms with van der Waals surface area (Å²) in [6.07, 6.45) is 0. The van der Waals surface area contributed by atoms with Crippen LogP contribution in [0.15, 0.2) is 46.8 Å². The van der Waals surface area contributed by atoms with Gasteiger partial charge in [-0.25, -0.2) is 9.97 Å². The minimum Gasteiger partial charge on any atom is -0.348 e. The standard InChI is InChI=1S/C17H17N3OS2/c1-11(15-8-5-9-22-15)18-16(21)10-23-17-13-6-3-4-7-14(13)19-12(2)20-17/h3-9,11H,10H2,1-2H3,(H,18,21)/t11-/m1/s1. The van der Waals surface area contributed by atoms with Crippen molar-refractivity contribution in [3.05, 3.63) is 52.5 Å². The fourth-order valence-corrected chi connectivity index (χ4v) is 3.90. The van der Waals surface area contributed by atoms with Crippen LogP contribution in [0.3, 0.4) is 0 Å². The Labute approximate surface area is 143 Å². The molecular formula is C17H17N3OS2. The molecule has 118 valence electrons. The molecule has 0 spiro atoms. The molecule has 1 atom stereocenters. The molecule has 0 aliphatic carbocycles. The molecule has 0 radical (unpaired) electrons. The van der Waals surface area contributed by atoms with E-state index in [-0.39, 0.29) is 11.9 Å². The number of para-hydroxylation sites is 1. The maximum Gasteiger partial charge on any atom is 0.230 e. The van der Waals surface area contributed by atoms with E-state index < -0.39 is 0 Å². The first kappa shape index (κ1) is 16.0. The van der Waals surface area contributed by atoms with Crippen LogP contribution in [0, 0.1) is 6.92 Å². The number of nitrogens with zero attached hydrogens (tertiary/aromatic N) is 2. The number of hydrogen-bond donors (Lipinski definition) is 1. The third kappa shape index (κ3) is 3.89. The Bertz CT molecular complexity index is 818. The van der Waals surface area contributed by atoms with Gasteiger partial charge in [-0.15, -0.1) is 11.3 Å². The number of hydrogen-bond acceptors (Lipinski definition) is 5. The molecule has 4 nitrogen and oxygen atoms in total. The largest absolute Gasteiger partial charge is 0.348 e. The van der Waals surface area contributed by atoms with Gasteiger partial charge in [-0.2, -0.15) is 0 Å². The Morgan fingerprint density at radius 1 is 1.26 bits per heavy atom. The first-order valence-electron chi connectivity index (χ1n) is 7.32. The third-order valence-corrected chi connectivity index (χ3v) is 5.41. The molecule has 1 amide bonds. The Morgan fingerprint density at radius 3 is 2.87 bits per heavy atom. The van der Waals surface area contributed by atoms with Crippen molar-refractivity contribution in [2.45, 2.75) is 24.9 Å². The monoisotopic (exact) mass is 343 g/mol. The van der Waals surface area contributed by atoms with E-state index in [1.54, 1.807) is 11.3 Å². The maximum absolute atomic E-state index is 12.2. The van der Waals surface area contributed by atoms with E-state index in [9.17, 15) is 4.79 Å². The summed E-state index contributed by atoms with van der Waals surface area (Å²) < 4.78 is 0. The molecule has 0 saturated carbocycles. The highest BCUT2D eigenvalue weighted by Gasteiger charge is 2.12. The summed E-state index contributed by atoms with van der Waals surface area (Å²) in [4.78, 5) is 22.2. The summed E-state index contributed by atoms with van der Waals surface area (Å²) in [7, 11) is 0. The fraction of sp³-hybridized carbons (Fsp3) is 0.235. The van der Waals surface area contributed by atoms with E-state index in [0.29, 0.717) is 5.75 Å². The molecule has 0 bridgehead atoms. The predicted octanol–water partition coefficient (Wildman–Crippen LogP) is 3.97. The van der Waals surface area contributed by atoms with E-state index in [2.05, 4.69) is 15.3 Å². The highest BCUT2D eigenvalue weighted by atomic mass is 32.2. The number of rotatable bonds is 5. The van der Waals surface area contributed by atoms with Gasteiger partial charge in [0.05, 0.1) is 17.3 Å². The maximum atomic E-state index is 12.2. The smallest absolute Gasteiger partial charge is 0.230 e. The second-order valence-corrected chi connectivity index (χ2v) is 7.13. The topological polar surface area (TPSA) is 54.9 Å². The molecule has 6 heteroatoms. The average molecular weight is 343 g/mol. The van der Waals surface area contributed by atoms with Crippen molar-refractivity contribution in [1.82, 2.24) is 15.3 Å². The van der Waals surface area contributed by atoms with E-state index >= 15 is 0 Å². The van der Waals surface area contributed by atoms with Crippen LogP contribution >= 0.6 is 23.1 Å². The number of fused-ring (bicyclic) bond motifs is 1. The van der Waals surface area contributed by atoms with Crippen molar-refractivity contribution < 1.29 is 4.79 Å². The van der Waals surface area contributed by atoms with Crippen LogP contribution in [-0.2, 0) is 4.79 Å². The van der Waals surface area contributed by atoms with E-state index in [4.69, 9.17) is 0 Å². The molecule has 0 unspecified atom stereocenters. The van der Waals surface area contributed by atoms with Gasteiger partial charge in [0.1, 0.15) is 10.9 Å². The fourth-order valence-electron chi connectivity index (χ4n) is 2.29. The van der Waals surface area contributed by atoms with Gasteiger partial charge in [-0.3, -0.25) is 4.79 Å². The number of thioether (sulfide) groups is 1. The number of carbonyl (C=O) groups is 1. The predicted molar refractivity (Wildman–Crippen MR) is 95.9 cm³/mol. The zero-order chi connectivity index (χ0) is 16.2. The summed E-state index contributed by atoms with van der Waals surface area (Å²) in [5, 5.41) is 6.88. The van der Waals surface area contributed by atoms with Crippen molar-refractivity contribution in [2.75, 3.05) is 5.75 Å². The SMILES string of the molecule is Cc1nc(SCC(=O)N[C@H](C)c2cccs2)c2ccccc2n1. The summed E-state index contributed by atoms with van der Waals surface area (Å²) in [5.41, 5.74) is 0.912. The van der Waals surface area contributed by atoms with Crippen molar-refractivity contribution in [3.8, 4) is 0 Å². The van der Waals surface area contributed by atoms with Crippen LogP contribution in [0.1, 0.15) is 23.7 Å². The van der Waals surface area contributed by atoms with Crippen LogP contribution in [0.25, 0.3) is 10.9 Å². The van der Waals surface area contributed by atoms with Crippen LogP contribution in [-0.4, -0.2) is 21.6 Å². The Hall–Kier alpha value is -1.92. The number of aryl methyl sites for hydroxylation is 1. The average Bonchev–Trinajstić information content (AvgIpc) is 3.07. The minimum atomic E-state index is 0.0104. The van der Waals surface area contributed by atoms with Crippen molar-refractivity contribution >= 4 is 39.9 Å². The molecule has 3 rings (SSSR count). The first-order chi connectivity index (χ1) is 11.1. The molecule has 1 aromatic carbocycles. The van der Waals surface area contributed by atoms with Crippen molar-refractivity contribution in [3.63, 3.8) is 0 Å². The van der Waals surface area contributed by atoms with Crippen LogP contribution < -0.4 is 5.32 Å². The number of benzene rings is 1. The molecule has 0 aliphatic heterocycles. The first-order valence-corrected chi connectivity index (χ1v) is 9.19. The lowest BCUT2D eigenvalue weighted by atomic mass is 10.2. The van der Waals surface area contributed by atoms with Crippen molar-refractivity contribution in [1.29, 1.82) is 0 Å². The molecular weight excluding hydrogens is 326 g/mol. The number of amides is 1. The zero-order valence-electron chi connectivity index (χ0n) is 12.9. The van der Waals surface area contributed by atoms with Crippen LogP contribution in [0.2, 0.25) is 0 Å². The number of aromatic nitrogens is 2. The minimum absolute atomic E-state index is 0.0104.